The van der Waals surface area contributed by atoms with Gasteiger partial charge in [-0.1, -0.05) is 0 Å². The predicted octanol–water partition coefficient (Wildman–Crippen LogP) is 0.164. The topological polar surface area (TPSA) is 131 Å². The minimum absolute atomic E-state index is 0.0294. The standard InChI is InChI=1S/C16H19N7O4/c1-4-27-13(25)6-5-12(24)18-11-7-9(2)21-23(11)16-19-14-10(15(26)20-16)8-17-22(14)3/h7-8,10H,4-6H2,1-3H3,(H,18,24). The molecule has 1 unspecified atom stereocenters. The lowest BCUT2D eigenvalue weighted by molar-refractivity contribution is -0.144. The summed E-state index contributed by atoms with van der Waals surface area (Å²) in [5, 5.41) is 12.4. The number of hydrazone groups is 1. The van der Waals surface area contributed by atoms with E-state index in [1.807, 2.05) is 0 Å². The Hall–Kier alpha value is -3.37. The molecule has 2 aliphatic rings. The molecule has 0 spiro atoms. The van der Waals surface area contributed by atoms with Gasteiger partial charge in [0.2, 0.25) is 5.91 Å². The van der Waals surface area contributed by atoms with Crippen molar-refractivity contribution in [1.29, 1.82) is 0 Å². The van der Waals surface area contributed by atoms with E-state index in [1.165, 1.54) is 15.9 Å². The minimum atomic E-state index is -0.599. The zero-order chi connectivity index (χ0) is 19.6. The number of amides is 2. The number of ether oxygens (including phenoxy) is 1. The van der Waals surface area contributed by atoms with Gasteiger partial charge in [-0.05, 0) is 13.8 Å². The van der Waals surface area contributed by atoms with Gasteiger partial charge in [0.25, 0.3) is 11.9 Å². The van der Waals surface area contributed by atoms with E-state index in [0.717, 1.165) is 0 Å². The molecule has 0 saturated carbocycles. The fraction of sp³-hybridized carbons (Fsp3) is 0.438. The van der Waals surface area contributed by atoms with Crippen LogP contribution >= 0.6 is 0 Å². The second-order valence-electron chi connectivity index (χ2n) is 5.92. The molecule has 0 radical (unpaired) electrons. The number of carbonyl (C=O) groups excluding carboxylic acids is 3. The fourth-order valence-corrected chi connectivity index (χ4v) is 2.60. The molecule has 1 N–H and O–H groups in total. The van der Waals surface area contributed by atoms with Gasteiger partial charge in [-0.25, -0.2) is 0 Å². The maximum absolute atomic E-state index is 12.2. The van der Waals surface area contributed by atoms with E-state index >= 15 is 0 Å². The normalized spacial score (nSPS) is 18.1. The third-order valence-corrected chi connectivity index (χ3v) is 3.84. The maximum Gasteiger partial charge on any atom is 0.306 e. The van der Waals surface area contributed by atoms with Crippen LogP contribution in [0.2, 0.25) is 0 Å². The van der Waals surface area contributed by atoms with Gasteiger partial charge in [0.15, 0.2) is 0 Å². The van der Waals surface area contributed by atoms with Gasteiger partial charge in [0, 0.05) is 25.7 Å². The van der Waals surface area contributed by atoms with E-state index in [0.29, 0.717) is 17.3 Å². The summed E-state index contributed by atoms with van der Waals surface area (Å²) in [5.41, 5.74) is 0.601. The second kappa shape index (κ2) is 7.48. The first kappa shape index (κ1) is 18.4. The molecule has 11 nitrogen and oxygen atoms in total. The molecule has 2 amide bonds. The van der Waals surface area contributed by atoms with Gasteiger partial charge in [-0.2, -0.15) is 24.9 Å². The molecule has 11 heteroatoms. The highest BCUT2D eigenvalue weighted by molar-refractivity contribution is 6.24. The molecule has 3 rings (SSSR count). The van der Waals surface area contributed by atoms with E-state index in [-0.39, 0.29) is 25.4 Å². The smallest absolute Gasteiger partial charge is 0.306 e. The number of carbonyl (C=O) groups is 3. The van der Waals surface area contributed by atoms with Crippen molar-refractivity contribution >= 4 is 41.6 Å². The molecular weight excluding hydrogens is 354 g/mol. The molecule has 0 fully saturated rings. The van der Waals surface area contributed by atoms with Crippen molar-refractivity contribution in [2.24, 2.45) is 21.0 Å². The number of esters is 1. The van der Waals surface area contributed by atoms with E-state index in [4.69, 9.17) is 4.74 Å². The number of aryl methyl sites for hydroxylation is 1. The Morgan fingerprint density at radius 2 is 2.07 bits per heavy atom. The van der Waals surface area contributed by atoms with Crippen LogP contribution < -0.4 is 5.32 Å². The summed E-state index contributed by atoms with van der Waals surface area (Å²) in [6.45, 7) is 3.70. The van der Waals surface area contributed by atoms with E-state index in [2.05, 4.69) is 25.5 Å². The summed E-state index contributed by atoms with van der Waals surface area (Å²) in [6.07, 6.45) is 1.41. The molecule has 1 atom stereocenters. The highest BCUT2D eigenvalue weighted by atomic mass is 16.5. The van der Waals surface area contributed by atoms with Gasteiger partial charge < -0.3 is 10.1 Å². The molecule has 0 saturated heterocycles. The number of nitrogens with one attached hydrogen (secondary N) is 1. The summed E-state index contributed by atoms with van der Waals surface area (Å²) >= 11 is 0. The lowest BCUT2D eigenvalue weighted by Gasteiger charge is -2.17. The molecule has 2 aliphatic heterocycles. The SMILES string of the molecule is CCOC(=O)CCC(=O)Nc1cc(C)nn1C1=NC(=O)C2C=NN(C)C2=N1. The van der Waals surface area contributed by atoms with Gasteiger partial charge >= 0.3 is 5.97 Å². The summed E-state index contributed by atoms with van der Waals surface area (Å²) in [5.74, 6) is -1.05. The third-order valence-electron chi connectivity index (χ3n) is 3.84. The number of aliphatic imine (C=N–C) groups is 2. The first-order chi connectivity index (χ1) is 12.9. The molecular formula is C16H19N7O4. The van der Waals surface area contributed by atoms with Crippen LogP contribution in [0.25, 0.3) is 0 Å². The van der Waals surface area contributed by atoms with Gasteiger partial charge in [0.05, 0.1) is 18.7 Å². The number of aromatic nitrogens is 2. The van der Waals surface area contributed by atoms with Crippen molar-refractivity contribution in [1.82, 2.24) is 14.8 Å². The van der Waals surface area contributed by atoms with Crippen molar-refractivity contribution in [3.63, 3.8) is 0 Å². The van der Waals surface area contributed by atoms with Gasteiger partial charge in [-0.15, -0.1) is 0 Å². The van der Waals surface area contributed by atoms with E-state index in [9.17, 15) is 14.4 Å². The molecule has 0 bridgehead atoms. The van der Waals surface area contributed by atoms with Crippen molar-refractivity contribution in [2.45, 2.75) is 26.7 Å². The van der Waals surface area contributed by atoms with Crippen LogP contribution in [0.3, 0.4) is 0 Å². The van der Waals surface area contributed by atoms with E-state index < -0.39 is 23.7 Å². The van der Waals surface area contributed by atoms with Crippen LogP contribution in [0.15, 0.2) is 21.2 Å². The third kappa shape index (κ3) is 3.91. The largest absolute Gasteiger partial charge is 0.466 e. The Kier molecular flexibility index (Phi) is 5.10. The predicted molar refractivity (Wildman–Crippen MR) is 96.5 cm³/mol. The zero-order valence-corrected chi connectivity index (χ0v) is 15.2. The van der Waals surface area contributed by atoms with Crippen LogP contribution in [-0.2, 0) is 19.1 Å². The number of hydrogen-bond donors (Lipinski definition) is 1. The summed E-state index contributed by atoms with van der Waals surface area (Å²) in [6, 6.07) is 1.62. The average Bonchev–Trinajstić information content (AvgIpc) is 3.16. The Bertz CT molecular complexity index is 883. The highest BCUT2D eigenvalue weighted by Crippen LogP contribution is 2.19. The monoisotopic (exact) mass is 373 g/mol. The number of nitrogens with zero attached hydrogens (tertiary/aromatic N) is 6. The van der Waals surface area contributed by atoms with Crippen LogP contribution in [0.5, 0.6) is 0 Å². The second-order valence-corrected chi connectivity index (χ2v) is 5.92. The lowest BCUT2D eigenvalue weighted by atomic mass is 10.1. The van der Waals surface area contributed by atoms with Crippen molar-refractivity contribution < 1.29 is 19.1 Å². The van der Waals surface area contributed by atoms with Crippen molar-refractivity contribution in [3.8, 4) is 0 Å². The summed E-state index contributed by atoms with van der Waals surface area (Å²) < 4.78 is 6.08. The number of anilines is 1. The molecule has 1 aromatic heterocycles. The number of fused-ring (bicyclic) bond motifs is 1. The van der Waals surface area contributed by atoms with Gasteiger partial charge in [0.1, 0.15) is 17.6 Å². The van der Waals surface area contributed by atoms with Gasteiger partial charge in [-0.3, -0.25) is 19.4 Å². The Morgan fingerprint density at radius 3 is 2.81 bits per heavy atom. The molecule has 1 aromatic rings. The molecule has 27 heavy (non-hydrogen) atoms. The summed E-state index contributed by atoms with van der Waals surface area (Å²) in [4.78, 5) is 44.0. The van der Waals surface area contributed by atoms with Crippen LogP contribution in [0.1, 0.15) is 25.5 Å². The molecule has 0 aliphatic carbocycles. The van der Waals surface area contributed by atoms with Crippen molar-refractivity contribution in [2.75, 3.05) is 19.0 Å². The van der Waals surface area contributed by atoms with Crippen molar-refractivity contribution in [3.05, 3.63) is 11.8 Å². The first-order valence-corrected chi connectivity index (χ1v) is 8.40. The van der Waals surface area contributed by atoms with Crippen LogP contribution in [0.4, 0.5) is 5.82 Å². The number of hydrogen-bond acceptors (Lipinski definition) is 8. The van der Waals surface area contributed by atoms with E-state index in [1.54, 1.807) is 27.0 Å². The quantitative estimate of drug-likeness (QED) is 0.732. The molecule has 3 heterocycles. The Morgan fingerprint density at radius 1 is 1.30 bits per heavy atom. The fourth-order valence-electron chi connectivity index (χ4n) is 2.60. The molecule has 0 aromatic carbocycles. The molecule has 142 valence electrons. The Labute approximate surface area is 154 Å². The lowest BCUT2D eigenvalue weighted by Crippen LogP contribution is -2.35. The average molecular weight is 373 g/mol. The zero-order valence-electron chi connectivity index (χ0n) is 15.2. The Balaban J connectivity index is 1.77. The maximum atomic E-state index is 12.2. The minimum Gasteiger partial charge on any atom is -0.466 e. The van der Waals surface area contributed by atoms with Crippen LogP contribution in [0, 0.1) is 12.8 Å². The van der Waals surface area contributed by atoms with Crippen LogP contribution in [-0.4, -0.2) is 64.2 Å². The summed E-state index contributed by atoms with van der Waals surface area (Å²) in [7, 11) is 1.68. The number of amidine groups is 1. The number of rotatable bonds is 5. The first-order valence-electron chi connectivity index (χ1n) is 8.40. The highest BCUT2D eigenvalue weighted by Gasteiger charge is 2.35.